The standard InChI is InChI=1S/C47H68N2O10S/c1-27-23-37(57-29(3)28(27)2)44(6,54)46(56)21-20-45(55)33-25-38-47(59-38)36(17-16-35(51)43(47,5)32(33)18-19-42(45,46)4)58-41(53)48-22-12-8-7-9-13-31(50)14-10-11-15-34-40-30(26-60-34)24-39(52)49-40/h16-17,30,32-34,36-38,40,54-56H,3,7-15,18-26H2,1-2,4-6H3,(H,48,53)(H,49,52)/t30?,32?,33?,34?,36-,37?,38+,40?,42-,43-,44-,45+,46-,47+/m0/s1. The van der Waals surface area contributed by atoms with Crippen LogP contribution in [0.2, 0.25) is 0 Å². The molecule has 332 valence electrons. The van der Waals surface area contributed by atoms with Crippen molar-refractivity contribution in [3.63, 3.8) is 0 Å². The quantitative estimate of drug-likeness (QED) is 0.0942. The number of aliphatic hydroxyl groups is 3. The number of ether oxygens (including phenoxy) is 3. The topological polar surface area (TPSA) is 184 Å². The summed E-state index contributed by atoms with van der Waals surface area (Å²) < 4.78 is 18.7. The van der Waals surface area contributed by atoms with E-state index in [0.29, 0.717) is 80.2 Å². The summed E-state index contributed by atoms with van der Waals surface area (Å²) in [6.07, 6.45) is 10.9. The zero-order valence-corrected chi connectivity index (χ0v) is 37.1. The fourth-order valence-corrected chi connectivity index (χ4v) is 15.1. The maximum atomic E-state index is 14.1. The van der Waals surface area contributed by atoms with Crippen molar-refractivity contribution >= 4 is 35.3 Å². The summed E-state index contributed by atoms with van der Waals surface area (Å²) in [5.74, 6) is 1.68. The second-order valence-corrected chi connectivity index (χ2v) is 21.6. The molecule has 5 N–H and O–H groups in total. The van der Waals surface area contributed by atoms with Gasteiger partial charge in [-0.05, 0) is 127 Å². The Labute approximate surface area is 359 Å². The summed E-state index contributed by atoms with van der Waals surface area (Å²) >= 11 is 1.96. The number of epoxide rings is 1. The Balaban J connectivity index is 0.804. The van der Waals surface area contributed by atoms with Gasteiger partial charge in [0.15, 0.2) is 11.9 Å². The molecule has 3 saturated carbocycles. The van der Waals surface area contributed by atoms with Crippen molar-refractivity contribution in [3.05, 3.63) is 35.6 Å². The first kappa shape index (κ1) is 43.9. The number of amides is 2. The van der Waals surface area contributed by atoms with E-state index in [4.69, 9.17) is 14.2 Å². The van der Waals surface area contributed by atoms with E-state index in [9.17, 15) is 34.5 Å². The van der Waals surface area contributed by atoms with Crippen LogP contribution in [0.25, 0.3) is 0 Å². The highest BCUT2D eigenvalue weighted by atomic mass is 32.2. The molecule has 60 heavy (non-hydrogen) atoms. The minimum atomic E-state index is -1.71. The maximum Gasteiger partial charge on any atom is 0.407 e. The number of thioether (sulfide) groups is 1. The van der Waals surface area contributed by atoms with Gasteiger partial charge in [-0.25, -0.2) is 4.79 Å². The van der Waals surface area contributed by atoms with Gasteiger partial charge in [-0.2, -0.15) is 11.8 Å². The second-order valence-electron chi connectivity index (χ2n) is 20.3. The molecule has 2 amide bonds. The Morgan fingerprint density at radius 2 is 1.77 bits per heavy atom. The molecule has 0 aromatic rings. The number of unbranched alkanes of at least 4 members (excludes halogenated alkanes) is 4. The third-order valence-corrected chi connectivity index (χ3v) is 19.1. The number of nitrogens with one attached hydrogen (secondary N) is 2. The molecule has 8 aliphatic rings. The molecule has 0 bridgehead atoms. The van der Waals surface area contributed by atoms with Crippen LogP contribution < -0.4 is 10.6 Å². The van der Waals surface area contributed by atoms with Gasteiger partial charge < -0.3 is 40.2 Å². The molecule has 4 aliphatic heterocycles. The van der Waals surface area contributed by atoms with Gasteiger partial charge in [0, 0.05) is 48.9 Å². The third-order valence-electron chi connectivity index (χ3n) is 17.5. The minimum Gasteiger partial charge on any atom is -0.487 e. The highest BCUT2D eigenvalue weighted by Gasteiger charge is 2.85. The van der Waals surface area contributed by atoms with Crippen molar-refractivity contribution in [1.82, 2.24) is 10.6 Å². The predicted molar refractivity (Wildman–Crippen MR) is 227 cm³/mol. The highest BCUT2D eigenvalue weighted by Crippen LogP contribution is 2.75. The van der Waals surface area contributed by atoms with Crippen LogP contribution in [0, 0.1) is 28.6 Å². The van der Waals surface area contributed by atoms with Crippen LogP contribution >= 0.6 is 11.8 Å². The summed E-state index contributed by atoms with van der Waals surface area (Å²) in [6.45, 7) is 13.8. The first-order valence-corrected chi connectivity index (χ1v) is 23.9. The van der Waals surface area contributed by atoms with Crippen molar-refractivity contribution in [3.8, 4) is 0 Å². The van der Waals surface area contributed by atoms with Crippen molar-refractivity contribution < 1.29 is 48.7 Å². The van der Waals surface area contributed by atoms with Crippen LogP contribution in [0.5, 0.6) is 0 Å². The average molecular weight is 853 g/mol. The van der Waals surface area contributed by atoms with Crippen LogP contribution in [0.3, 0.4) is 0 Å². The Kier molecular flexibility index (Phi) is 11.6. The van der Waals surface area contributed by atoms with E-state index in [0.717, 1.165) is 61.8 Å². The number of carbonyl (C=O) groups is 4. The van der Waals surface area contributed by atoms with Crippen molar-refractivity contribution in [2.75, 3.05) is 12.3 Å². The lowest BCUT2D eigenvalue weighted by Crippen LogP contribution is -2.73. The molecule has 0 aromatic heterocycles. The largest absolute Gasteiger partial charge is 0.487 e. The Morgan fingerprint density at radius 3 is 2.52 bits per heavy atom. The van der Waals surface area contributed by atoms with Gasteiger partial charge in [-0.3, -0.25) is 14.4 Å². The van der Waals surface area contributed by atoms with E-state index in [2.05, 4.69) is 17.2 Å². The summed E-state index contributed by atoms with van der Waals surface area (Å²) in [6, 6.07) is 0.315. The molecule has 6 fully saturated rings. The van der Waals surface area contributed by atoms with Crippen LogP contribution in [-0.4, -0.2) is 103 Å². The summed E-state index contributed by atoms with van der Waals surface area (Å²) in [4.78, 5) is 51.5. The molecule has 0 radical (unpaired) electrons. The lowest BCUT2D eigenvalue weighted by molar-refractivity contribution is -0.282. The monoisotopic (exact) mass is 852 g/mol. The number of Topliss-reactive ketones (excluding diaryl/α,β-unsaturated/α-hetero) is 1. The number of fused-ring (bicyclic) bond motifs is 5. The summed E-state index contributed by atoms with van der Waals surface area (Å²) in [7, 11) is 0. The van der Waals surface area contributed by atoms with E-state index in [-0.39, 0.29) is 30.4 Å². The molecule has 4 aliphatic carbocycles. The Bertz CT molecular complexity index is 1850. The van der Waals surface area contributed by atoms with Crippen LogP contribution in [0.1, 0.15) is 137 Å². The maximum absolute atomic E-state index is 14.1. The minimum absolute atomic E-state index is 0.112. The smallest absolute Gasteiger partial charge is 0.407 e. The molecule has 1 spiro atoms. The molecule has 4 heterocycles. The molecule has 13 heteroatoms. The van der Waals surface area contributed by atoms with Gasteiger partial charge in [0.1, 0.15) is 34.4 Å². The molecule has 14 atom stereocenters. The normalized spacial score (nSPS) is 43.5. The Hall–Kier alpha value is -2.71. The van der Waals surface area contributed by atoms with E-state index in [1.54, 1.807) is 13.0 Å². The fraction of sp³-hybridized carbons (Fsp3) is 0.787. The molecular weight excluding hydrogens is 785 g/mol. The van der Waals surface area contributed by atoms with Gasteiger partial charge in [0.25, 0.3) is 0 Å². The Morgan fingerprint density at radius 1 is 1.03 bits per heavy atom. The zero-order valence-electron chi connectivity index (χ0n) is 36.3. The zero-order chi connectivity index (χ0) is 43.0. The fourth-order valence-electron chi connectivity index (χ4n) is 13.5. The van der Waals surface area contributed by atoms with Gasteiger partial charge in [0.2, 0.25) is 5.91 Å². The number of alkyl carbamates (subject to hydrolysis) is 1. The van der Waals surface area contributed by atoms with E-state index in [1.807, 2.05) is 39.5 Å². The van der Waals surface area contributed by atoms with Crippen LogP contribution in [-0.2, 0) is 28.6 Å². The summed E-state index contributed by atoms with van der Waals surface area (Å²) in [5, 5.41) is 44.4. The van der Waals surface area contributed by atoms with Gasteiger partial charge in [0.05, 0.1) is 17.1 Å². The van der Waals surface area contributed by atoms with Crippen molar-refractivity contribution in [1.29, 1.82) is 0 Å². The average Bonchev–Trinajstić information content (AvgIpc) is 3.55. The van der Waals surface area contributed by atoms with Gasteiger partial charge in [-0.15, -0.1) is 0 Å². The molecule has 3 saturated heterocycles. The number of ketones is 2. The third kappa shape index (κ3) is 6.67. The summed E-state index contributed by atoms with van der Waals surface area (Å²) in [5.41, 5.74) is -6.06. The number of carbonyl (C=O) groups excluding carboxylic acids is 4. The molecule has 6 unspecified atom stereocenters. The van der Waals surface area contributed by atoms with Gasteiger partial charge in [-0.1, -0.05) is 38.3 Å². The molecule has 0 aromatic carbocycles. The lowest BCUT2D eigenvalue weighted by Gasteiger charge is -2.63. The first-order chi connectivity index (χ1) is 28.3. The molecule has 12 nitrogen and oxygen atoms in total. The van der Waals surface area contributed by atoms with E-state index < -0.39 is 63.6 Å². The number of allylic oxidation sites excluding steroid dienone is 2. The molecule has 8 rings (SSSR count). The van der Waals surface area contributed by atoms with Crippen molar-refractivity contribution in [2.24, 2.45) is 28.6 Å². The van der Waals surface area contributed by atoms with Crippen LogP contribution in [0.4, 0.5) is 4.79 Å². The van der Waals surface area contributed by atoms with E-state index in [1.165, 1.54) is 6.08 Å². The second kappa shape index (κ2) is 15.8. The van der Waals surface area contributed by atoms with Gasteiger partial charge >= 0.3 is 6.09 Å². The lowest BCUT2D eigenvalue weighted by atomic mass is 9.42. The van der Waals surface area contributed by atoms with Crippen LogP contribution in [0.15, 0.2) is 35.6 Å². The SMILES string of the molecule is C=C1OC([C@](C)(O)[C@]2(O)CC[C@@]3(O)C4C[C@H]5O[C@]56[C@@H](OC(=O)NCCCCCCC(=O)CCCCC5SCC7CC(=O)NC75)C=CC(=O)[C@]6(C)C4CC[C@]23C)CC(C)=C1C. The predicted octanol–water partition coefficient (Wildman–Crippen LogP) is 6.15. The van der Waals surface area contributed by atoms with Crippen molar-refractivity contribution in [2.45, 2.75) is 189 Å². The van der Waals surface area contributed by atoms with E-state index >= 15 is 0 Å². The highest BCUT2D eigenvalue weighted by molar-refractivity contribution is 8.00. The number of hydrogen-bond acceptors (Lipinski definition) is 11. The number of rotatable bonds is 15. The first-order valence-electron chi connectivity index (χ1n) is 22.8. The molecular formula is C47H68N2O10S. The number of hydrogen-bond donors (Lipinski definition) is 5.